The maximum Gasteiger partial charge on any atom is 0.416 e. The van der Waals surface area contributed by atoms with Crippen molar-refractivity contribution in [2.75, 3.05) is 0 Å². The molecule has 0 amide bonds. The van der Waals surface area contributed by atoms with Gasteiger partial charge in [-0.15, -0.1) is 0 Å². The summed E-state index contributed by atoms with van der Waals surface area (Å²) in [6, 6.07) is 16.8. The van der Waals surface area contributed by atoms with Crippen LogP contribution in [-0.4, -0.2) is 19.7 Å². The highest BCUT2D eigenvalue weighted by Gasteiger charge is 2.30. The van der Waals surface area contributed by atoms with Gasteiger partial charge in [-0.3, -0.25) is 4.98 Å². The summed E-state index contributed by atoms with van der Waals surface area (Å²) in [6.45, 7) is 4.58. The van der Waals surface area contributed by atoms with Crippen molar-refractivity contribution >= 4 is 0 Å². The van der Waals surface area contributed by atoms with Crippen LogP contribution in [0.3, 0.4) is 0 Å². The van der Waals surface area contributed by atoms with E-state index in [-0.39, 0.29) is 12.6 Å². The van der Waals surface area contributed by atoms with Gasteiger partial charge in [0.1, 0.15) is 6.10 Å². The van der Waals surface area contributed by atoms with E-state index >= 15 is 0 Å². The molecule has 1 atom stereocenters. The number of aryl methyl sites for hydroxylation is 1. The first-order chi connectivity index (χ1) is 15.8. The van der Waals surface area contributed by atoms with E-state index in [2.05, 4.69) is 15.1 Å². The molecule has 2 aromatic carbocycles. The lowest BCUT2D eigenvalue weighted by atomic mass is 10.1. The van der Waals surface area contributed by atoms with Gasteiger partial charge in [0, 0.05) is 18.0 Å². The predicted molar refractivity (Wildman–Crippen MR) is 118 cm³/mol. The van der Waals surface area contributed by atoms with Crippen LogP contribution < -0.4 is 0 Å². The van der Waals surface area contributed by atoms with Gasteiger partial charge in [-0.25, -0.2) is 9.67 Å². The molecule has 0 spiro atoms. The Hall–Kier alpha value is -3.52. The Morgan fingerprint density at radius 3 is 2.18 bits per heavy atom. The molecule has 1 unspecified atom stereocenters. The zero-order valence-electron chi connectivity index (χ0n) is 18.3. The van der Waals surface area contributed by atoms with Crippen LogP contribution in [0.25, 0.3) is 11.4 Å². The third kappa shape index (κ3) is 5.64. The van der Waals surface area contributed by atoms with Gasteiger partial charge < -0.3 is 4.74 Å². The number of hydrogen-bond donors (Lipinski definition) is 0. The Labute approximate surface area is 189 Å². The van der Waals surface area contributed by atoms with Crippen molar-refractivity contribution in [1.29, 1.82) is 0 Å². The molecule has 4 aromatic rings. The smallest absolute Gasteiger partial charge is 0.366 e. The van der Waals surface area contributed by atoms with Gasteiger partial charge in [0.2, 0.25) is 0 Å². The molecule has 4 rings (SSSR count). The van der Waals surface area contributed by atoms with E-state index in [1.54, 1.807) is 29.2 Å². The van der Waals surface area contributed by atoms with E-state index in [0.29, 0.717) is 23.8 Å². The summed E-state index contributed by atoms with van der Waals surface area (Å²) in [5.41, 5.74) is 3.00. The van der Waals surface area contributed by atoms with Gasteiger partial charge in [0.25, 0.3) is 0 Å². The van der Waals surface area contributed by atoms with Crippen molar-refractivity contribution in [3.8, 4) is 11.4 Å². The zero-order chi connectivity index (χ0) is 23.4. The van der Waals surface area contributed by atoms with E-state index < -0.39 is 11.7 Å². The molecule has 0 bridgehead atoms. The summed E-state index contributed by atoms with van der Waals surface area (Å²) in [5, 5.41) is 4.61. The Kier molecular flexibility index (Phi) is 6.55. The number of alkyl halides is 3. The lowest BCUT2D eigenvalue weighted by Gasteiger charge is -2.14. The van der Waals surface area contributed by atoms with Gasteiger partial charge in [-0.05, 0) is 49.2 Å². The van der Waals surface area contributed by atoms with Crippen molar-refractivity contribution < 1.29 is 17.9 Å². The lowest BCUT2D eigenvalue weighted by Crippen LogP contribution is -2.12. The van der Waals surface area contributed by atoms with Crippen LogP contribution in [0.4, 0.5) is 13.2 Å². The van der Waals surface area contributed by atoms with Gasteiger partial charge in [0.05, 0.1) is 18.7 Å². The van der Waals surface area contributed by atoms with Crippen LogP contribution in [0.1, 0.15) is 41.1 Å². The van der Waals surface area contributed by atoms with Gasteiger partial charge in [-0.2, -0.15) is 18.3 Å². The van der Waals surface area contributed by atoms with Crippen LogP contribution in [0.5, 0.6) is 0 Å². The van der Waals surface area contributed by atoms with Gasteiger partial charge in [-0.1, -0.05) is 42.0 Å². The first-order valence-electron chi connectivity index (χ1n) is 10.5. The highest BCUT2D eigenvalue weighted by molar-refractivity contribution is 5.53. The summed E-state index contributed by atoms with van der Waals surface area (Å²) in [6.07, 6.45) is -1.45. The van der Waals surface area contributed by atoms with Gasteiger partial charge >= 0.3 is 6.18 Å². The normalized spacial score (nSPS) is 12.6. The molecule has 0 aliphatic rings. The molecular weight excluding hydrogens is 429 g/mol. The molecule has 0 saturated heterocycles. The van der Waals surface area contributed by atoms with E-state index in [4.69, 9.17) is 4.74 Å². The van der Waals surface area contributed by atoms with Crippen LogP contribution in [-0.2, 0) is 24.1 Å². The summed E-state index contributed by atoms with van der Waals surface area (Å²) in [5.74, 6) is 1.10. The Bertz CT molecular complexity index is 1190. The molecule has 170 valence electrons. The predicted octanol–water partition coefficient (Wildman–Crippen LogP) is 5.99. The van der Waals surface area contributed by atoms with Gasteiger partial charge in [0.15, 0.2) is 11.6 Å². The minimum Gasteiger partial charge on any atom is -0.366 e. The third-order valence-electron chi connectivity index (χ3n) is 5.24. The van der Waals surface area contributed by atoms with Crippen LogP contribution in [0.2, 0.25) is 0 Å². The van der Waals surface area contributed by atoms with E-state index in [0.717, 1.165) is 23.3 Å². The summed E-state index contributed by atoms with van der Waals surface area (Å²) < 4.78 is 46.5. The molecule has 2 aromatic heterocycles. The average molecular weight is 452 g/mol. The number of pyridine rings is 1. The fraction of sp³-hybridized carbons (Fsp3) is 0.240. The molecular formula is C25H23F3N4O. The Balaban J connectivity index is 1.59. The molecule has 0 fully saturated rings. The molecule has 0 aliphatic carbocycles. The molecule has 0 aliphatic heterocycles. The molecule has 2 heterocycles. The van der Waals surface area contributed by atoms with Crippen molar-refractivity contribution in [2.45, 2.75) is 39.3 Å². The Morgan fingerprint density at radius 1 is 0.909 bits per heavy atom. The fourth-order valence-corrected chi connectivity index (χ4v) is 3.35. The number of nitrogens with zero attached hydrogens (tertiary/aromatic N) is 4. The van der Waals surface area contributed by atoms with E-state index in [1.807, 2.05) is 38.1 Å². The number of aromatic nitrogens is 4. The summed E-state index contributed by atoms with van der Waals surface area (Å²) in [7, 11) is 0. The number of ether oxygens (including phenoxy) is 1. The standard InChI is InChI=1S/C25H23F3N4O/c1-17-3-5-20(6-4-17)16-33-18(2)24-30-23(21-11-13-29-14-12-21)31-32(24)15-19-7-9-22(10-8-19)25(26,27)28/h3-14,18H,15-16H2,1-2H3. The topological polar surface area (TPSA) is 52.8 Å². The van der Waals surface area contributed by atoms with Crippen LogP contribution in [0, 0.1) is 6.92 Å². The molecule has 33 heavy (non-hydrogen) atoms. The van der Waals surface area contributed by atoms with Crippen molar-refractivity contribution in [3.05, 3.63) is 101 Å². The molecule has 8 heteroatoms. The number of benzene rings is 2. The first kappa shape index (κ1) is 22.7. The first-order valence-corrected chi connectivity index (χ1v) is 10.5. The minimum absolute atomic E-state index is 0.268. The monoisotopic (exact) mass is 452 g/mol. The summed E-state index contributed by atoms with van der Waals surface area (Å²) in [4.78, 5) is 8.70. The number of halogens is 3. The highest BCUT2D eigenvalue weighted by atomic mass is 19.4. The Morgan fingerprint density at radius 2 is 1.55 bits per heavy atom. The lowest BCUT2D eigenvalue weighted by molar-refractivity contribution is -0.137. The van der Waals surface area contributed by atoms with Crippen LogP contribution >= 0.6 is 0 Å². The SMILES string of the molecule is Cc1ccc(COC(C)c2nc(-c3ccncc3)nn2Cc2ccc(C(F)(F)F)cc2)cc1. The largest absolute Gasteiger partial charge is 0.416 e. The van der Waals surface area contributed by atoms with Crippen LogP contribution in [0.15, 0.2) is 73.1 Å². The number of rotatable bonds is 7. The molecule has 0 saturated carbocycles. The quantitative estimate of drug-likeness (QED) is 0.345. The highest BCUT2D eigenvalue weighted by Crippen LogP contribution is 2.29. The molecule has 0 N–H and O–H groups in total. The van der Waals surface area contributed by atoms with Crippen molar-refractivity contribution in [1.82, 2.24) is 19.7 Å². The average Bonchev–Trinajstić information content (AvgIpc) is 3.23. The second-order valence-corrected chi connectivity index (χ2v) is 7.82. The summed E-state index contributed by atoms with van der Waals surface area (Å²) >= 11 is 0. The van der Waals surface area contributed by atoms with E-state index in [9.17, 15) is 13.2 Å². The minimum atomic E-state index is -4.37. The van der Waals surface area contributed by atoms with Crippen molar-refractivity contribution in [2.24, 2.45) is 0 Å². The maximum absolute atomic E-state index is 12.9. The third-order valence-corrected chi connectivity index (χ3v) is 5.24. The molecule has 0 radical (unpaired) electrons. The maximum atomic E-state index is 12.9. The second-order valence-electron chi connectivity index (χ2n) is 7.82. The molecule has 5 nitrogen and oxygen atoms in total. The van der Waals surface area contributed by atoms with E-state index in [1.165, 1.54) is 17.7 Å². The second kappa shape index (κ2) is 9.54. The fourth-order valence-electron chi connectivity index (χ4n) is 3.35. The zero-order valence-corrected chi connectivity index (χ0v) is 18.3. The number of hydrogen-bond acceptors (Lipinski definition) is 4. The van der Waals surface area contributed by atoms with Crippen molar-refractivity contribution in [3.63, 3.8) is 0 Å².